The predicted molar refractivity (Wildman–Crippen MR) is 58.4 cm³/mol. The average molecular weight is 236 g/mol. The van der Waals surface area contributed by atoms with Gasteiger partial charge in [0.25, 0.3) is 0 Å². The molecule has 16 heavy (non-hydrogen) atoms. The molecule has 0 aliphatic heterocycles. The zero-order valence-corrected chi connectivity index (χ0v) is 8.73. The molecule has 3 rings (SSSR count). The molecular formula is C11H6ClNO3. The van der Waals surface area contributed by atoms with Gasteiger partial charge in [-0.15, -0.1) is 0 Å². The van der Waals surface area contributed by atoms with E-state index in [4.69, 9.17) is 20.5 Å². The van der Waals surface area contributed by atoms with E-state index in [1.54, 1.807) is 24.7 Å². The summed E-state index contributed by atoms with van der Waals surface area (Å²) in [7, 11) is 0. The molecule has 4 nitrogen and oxygen atoms in total. The van der Waals surface area contributed by atoms with E-state index in [0.29, 0.717) is 11.3 Å². The lowest BCUT2D eigenvalue weighted by Gasteiger charge is -1.95. The minimum absolute atomic E-state index is 0.0240. The van der Waals surface area contributed by atoms with E-state index in [2.05, 4.69) is 5.16 Å². The molecule has 2 heterocycles. The van der Waals surface area contributed by atoms with Gasteiger partial charge in [-0.1, -0.05) is 16.8 Å². The van der Waals surface area contributed by atoms with Crippen LogP contribution < -0.4 is 0 Å². The highest BCUT2D eigenvalue weighted by molar-refractivity contribution is 6.36. The number of aromatic nitrogens is 1. The molecule has 0 saturated carbocycles. The first-order valence-electron chi connectivity index (χ1n) is 4.57. The fourth-order valence-electron chi connectivity index (χ4n) is 1.57. The summed E-state index contributed by atoms with van der Waals surface area (Å²) >= 11 is 5.89. The summed E-state index contributed by atoms with van der Waals surface area (Å²) in [4.78, 5) is 0. The molecule has 1 N–H and O–H groups in total. The Morgan fingerprint density at radius 3 is 2.88 bits per heavy atom. The van der Waals surface area contributed by atoms with Crippen molar-refractivity contribution in [2.75, 3.05) is 0 Å². The van der Waals surface area contributed by atoms with Crippen LogP contribution in [0.5, 0.6) is 5.75 Å². The van der Waals surface area contributed by atoms with Crippen LogP contribution in [0.15, 0.2) is 39.7 Å². The van der Waals surface area contributed by atoms with Gasteiger partial charge >= 0.3 is 0 Å². The first kappa shape index (κ1) is 9.30. The van der Waals surface area contributed by atoms with Crippen LogP contribution in [0.3, 0.4) is 0 Å². The second-order valence-corrected chi connectivity index (χ2v) is 3.70. The third-order valence-corrected chi connectivity index (χ3v) is 2.72. The second kappa shape index (κ2) is 3.28. The van der Waals surface area contributed by atoms with Gasteiger partial charge in [0.2, 0.25) is 0 Å². The van der Waals surface area contributed by atoms with E-state index >= 15 is 0 Å². The summed E-state index contributed by atoms with van der Waals surface area (Å²) < 4.78 is 10.1. The van der Waals surface area contributed by atoms with Gasteiger partial charge in [-0.2, -0.15) is 0 Å². The number of rotatable bonds is 1. The zero-order valence-electron chi connectivity index (χ0n) is 7.98. The lowest BCUT2D eigenvalue weighted by molar-refractivity contribution is 0.451. The summed E-state index contributed by atoms with van der Waals surface area (Å²) in [5.74, 6) is -0.0240. The van der Waals surface area contributed by atoms with Crippen LogP contribution in [-0.4, -0.2) is 10.3 Å². The molecule has 0 radical (unpaired) electrons. The molecule has 0 spiro atoms. The summed E-state index contributed by atoms with van der Waals surface area (Å²) in [5.41, 5.74) is 1.82. The van der Waals surface area contributed by atoms with Gasteiger partial charge in [-0.25, -0.2) is 0 Å². The molecule has 0 fully saturated rings. The minimum atomic E-state index is -0.0240. The Balaban J connectivity index is 2.34. The highest BCUT2D eigenvalue weighted by Gasteiger charge is 2.15. The molecule has 80 valence electrons. The molecule has 1 aromatic carbocycles. The van der Waals surface area contributed by atoms with E-state index in [9.17, 15) is 5.11 Å². The van der Waals surface area contributed by atoms with Crippen molar-refractivity contribution in [2.45, 2.75) is 0 Å². The number of halogens is 1. The van der Waals surface area contributed by atoms with Crippen molar-refractivity contribution in [3.63, 3.8) is 0 Å². The number of hydrogen-bond donors (Lipinski definition) is 1. The van der Waals surface area contributed by atoms with Crippen molar-refractivity contribution in [3.05, 3.63) is 35.7 Å². The minimum Gasteiger partial charge on any atom is -0.506 e. The maximum absolute atomic E-state index is 9.42. The molecule has 2 aromatic heterocycles. The normalized spacial score (nSPS) is 11.1. The van der Waals surface area contributed by atoms with Crippen LogP contribution in [-0.2, 0) is 0 Å². The quantitative estimate of drug-likeness (QED) is 0.702. The fourth-order valence-corrected chi connectivity index (χ4v) is 1.77. The number of benzene rings is 1. The van der Waals surface area contributed by atoms with Gasteiger partial charge in [0.05, 0.1) is 17.9 Å². The van der Waals surface area contributed by atoms with Gasteiger partial charge in [0, 0.05) is 5.56 Å². The van der Waals surface area contributed by atoms with E-state index in [0.717, 1.165) is 10.9 Å². The van der Waals surface area contributed by atoms with E-state index in [-0.39, 0.29) is 10.8 Å². The third-order valence-electron chi connectivity index (χ3n) is 2.35. The van der Waals surface area contributed by atoms with Crippen LogP contribution >= 0.6 is 11.6 Å². The first-order chi connectivity index (χ1) is 7.77. The number of fused-ring (bicyclic) bond motifs is 1. The van der Waals surface area contributed by atoms with Crippen LogP contribution in [0.4, 0.5) is 0 Å². The molecule has 0 aliphatic rings. The average Bonchev–Trinajstić information content (AvgIpc) is 2.91. The van der Waals surface area contributed by atoms with Crippen molar-refractivity contribution in [1.29, 1.82) is 0 Å². The van der Waals surface area contributed by atoms with Crippen molar-refractivity contribution in [3.8, 4) is 17.0 Å². The Hall–Kier alpha value is -1.94. The number of nitrogens with zero attached hydrogens (tertiary/aromatic N) is 1. The Kier molecular flexibility index (Phi) is 1.91. The number of furan rings is 1. The second-order valence-electron chi connectivity index (χ2n) is 3.32. The van der Waals surface area contributed by atoms with Crippen molar-refractivity contribution < 1.29 is 14.0 Å². The summed E-state index contributed by atoms with van der Waals surface area (Å²) in [6, 6.07) is 4.99. The monoisotopic (exact) mass is 235 g/mol. The molecule has 0 saturated heterocycles. The molecular weight excluding hydrogens is 230 g/mol. The van der Waals surface area contributed by atoms with Crippen LogP contribution in [0.1, 0.15) is 0 Å². The smallest absolute Gasteiger partial charge is 0.189 e. The Morgan fingerprint density at radius 1 is 1.25 bits per heavy atom. The first-order valence-corrected chi connectivity index (χ1v) is 4.94. The van der Waals surface area contributed by atoms with Gasteiger partial charge in [-0.3, -0.25) is 0 Å². The molecule has 0 unspecified atom stereocenters. The number of aromatic hydroxyl groups is 1. The predicted octanol–water partition coefficient (Wildman–Crippen LogP) is 3.45. The molecule has 0 atom stereocenters. The van der Waals surface area contributed by atoms with Gasteiger partial charge in [0.15, 0.2) is 5.58 Å². The van der Waals surface area contributed by atoms with Gasteiger partial charge in [-0.05, 0) is 18.2 Å². The molecule has 3 aromatic rings. The highest BCUT2D eigenvalue weighted by Crippen LogP contribution is 2.36. The standard InChI is InChI=1S/C11H6ClNO3/c12-9-8(14)2-1-7-10(13-16-11(7)9)6-3-4-15-5-6/h1-5,14H. The van der Waals surface area contributed by atoms with E-state index in [1.165, 1.54) is 6.07 Å². The molecule has 0 bridgehead atoms. The molecule has 5 heteroatoms. The lowest BCUT2D eigenvalue weighted by Crippen LogP contribution is -1.74. The Labute approximate surface area is 95.0 Å². The summed E-state index contributed by atoms with van der Waals surface area (Å²) in [5, 5.41) is 14.2. The van der Waals surface area contributed by atoms with Crippen molar-refractivity contribution in [1.82, 2.24) is 5.16 Å². The molecule has 0 amide bonds. The lowest BCUT2D eigenvalue weighted by atomic mass is 10.1. The number of hydrogen-bond acceptors (Lipinski definition) is 4. The van der Waals surface area contributed by atoms with E-state index in [1.807, 2.05) is 0 Å². The number of phenolic OH excluding ortho intramolecular Hbond substituents is 1. The zero-order chi connectivity index (χ0) is 11.1. The topological polar surface area (TPSA) is 59.4 Å². The Bertz CT molecular complexity index is 643. The molecule has 0 aliphatic carbocycles. The van der Waals surface area contributed by atoms with E-state index < -0.39 is 0 Å². The third kappa shape index (κ3) is 1.20. The highest BCUT2D eigenvalue weighted by atomic mass is 35.5. The fraction of sp³-hybridized carbons (Fsp3) is 0. The van der Waals surface area contributed by atoms with Gasteiger partial charge in [0.1, 0.15) is 16.5 Å². The van der Waals surface area contributed by atoms with Crippen LogP contribution in [0.25, 0.3) is 22.2 Å². The van der Waals surface area contributed by atoms with Crippen LogP contribution in [0, 0.1) is 0 Å². The van der Waals surface area contributed by atoms with Crippen molar-refractivity contribution in [2.24, 2.45) is 0 Å². The summed E-state index contributed by atoms with van der Waals surface area (Å²) in [6.45, 7) is 0. The maximum Gasteiger partial charge on any atom is 0.189 e. The Morgan fingerprint density at radius 2 is 2.12 bits per heavy atom. The van der Waals surface area contributed by atoms with Crippen LogP contribution in [0.2, 0.25) is 5.02 Å². The SMILES string of the molecule is Oc1ccc2c(-c3ccoc3)noc2c1Cl. The van der Waals surface area contributed by atoms with Gasteiger partial charge < -0.3 is 14.0 Å². The maximum atomic E-state index is 9.42. The largest absolute Gasteiger partial charge is 0.506 e. The number of phenols is 1. The summed E-state index contributed by atoms with van der Waals surface area (Å²) in [6.07, 6.45) is 3.12. The van der Waals surface area contributed by atoms with Crippen molar-refractivity contribution >= 4 is 22.6 Å².